The fraction of sp³-hybridized carbons (Fsp3) is 0.625. The topological polar surface area (TPSA) is 73.0 Å². The molecule has 0 radical (unpaired) electrons. The van der Waals surface area contributed by atoms with Gasteiger partial charge < -0.3 is 19.6 Å². The third-order valence-electron chi connectivity index (χ3n) is 6.22. The maximum Gasteiger partial charge on any atom is 0.194 e. The molecule has 2 fully saturated rings. The van der Waals surface area contributed by atoms with E-state index in [1.165, 1.54) is 31.2 Å². The number of piperazine rings is 1. The number of guanidine groups is 1. The highest BCUT2D eigenvalue weighted by atomic mass is 16.5. The van der Waals surface area contributed by atoms with E-state index in [9.17, 15) is 0 Å². The third kappa shape index (κ3) is 6.22. The van der Waals surface area contributed by atoms with Gasteiger partial charge in [-0.15, -0.1) is 0 Å². The lowest BCUT2D eigenvalue weighted by molar-refractivity contribution is 0.169. The molecule has 0 spiro atoms. The molecule has 4 rings (SSSR count). The molecular formula is C24H37N7O. The second kappa shape index (κ2) is 11.3. The highest BCUT2D eigenvalue weighted by Gasteiger charge is 2.20. The maximum absolute atomic E-state index is 5.20. The number of aryl methyl sites for hydroxylation is 1. The van der Waals surface area contributed by atoms with Gasteiger partial charge >= 0.3 is 0 Å². The van der Waals surface area contributed by atoms with E-state index < -0.39 is 0 Å². The normalized spacial score (nSPS) is 18.6. The lowest BCUT2D eigenvalue weighted by Crippen LogP contribution is -2.52. The largest absolute Gasteiger partial charge is 0.361 e. The fourth-order valence-corrected chi connectivity index (χ4v) is 4.46. The lowest BCUT2D eigenvalue weighted by atomic mass is 10.2. The molecule has 0 atom stereocenters. The number of aliphatic imine (C=N–C) groups is 1. The molecule has 0 amide bonds. The quantitative estimate of drug-likeness (QED) is 0.548. The molecule has 0 aromatic carbocycles. The highest BCUT2D eigenvalue weighted by Crippen LogP contribution is 2.19. The number of nitrogens with one attached hydrogen (secondary N) is 1. The van der Waals surface area contributed by atoms with E-state index in [1.54, 1.807) is 0 Å². The molecule has 2 aromatic rings. The Morgan fingerprint density at radius 3 is 2.53 bits per heavy atom. The van der Waals surface area contributed by atoms with E-state index in [4.69, 9.17) is 9.52 Å². The Balaban J connectivity index is 1.34. The summed E-state index contributed by atoms with van der Waals surface area (Å²) in [6, 6.07) is 6.33. The number of nitrogens with zero attached hydrogens (tertiary/aromatic N) is 6. The van der Waals surface area contributed by atoms with Crippen LogP contribution in [0.25, 0.3) is 0 Å². The lowest BCUT2D eigenvalue weighted by Gasteiger charge is -2.36. The molecule has 0 bridgehead atoms. The SMILES string of the molecule is CCNC(=NCc1ccnc(N2CCCCCC2)c1)N1CCN(Cc2cc(C)on2)CC1. The molecule has 174 valence electrons. The van der Waals surface area contributed by atoms with Crippen LogP contribution < -0.4 is 10.2 Å². The van der Waals surface area contributed by atoms with E-state index in [0.717, 1.165) is 75.6 Å². The summed E-state index contributed by atoms with van der Waals surface area (Å²) in [4.78, 5) is 16.8. The predicted octanol–water partition coefficient (Wildman–Crippen LogP) is 3.04. The van der Waals surface area contributed by atoms with Crippen molar-refractivity contribution in [1.82, 2.24) is 25.3 Å². The number of rotatable bonds is 6. The van der Waals surface area contributed by atoms with Gasteiger partial charge in [0.2, 0.25) is 0 Å². The zero-order valence-corrected chi connectivity index (χ0v) is 19.6. The van der Waals surface area contributed by atoms with Gasteiger partial charge in [0.1, 0.15) is 11.6 Å². The standard InChI is InChI=1S/C24H37N7O/c1-3-25-24(31-14-12-29(13-15-31)19-22-16-20(2)32-28-22)27-18-21-8-9-26-23(17-21)30-10-6-4-5-7-11-30/h8-9,16-17H,3-7,10-15,18-19H2,1-2H3,(H,25,27). The summed E-state index contributed by atoms with van der Waals surface area (Å²) >= 11 is 0. The summed E-state index contributed by atoms with van der Waals surface area (Å²) < 4.78 is 5.20. The van der Waals surface area contributed by atoms with Crippen molar-refractivity contribution >= 4 is 11.8 Å². The minimum absolute atomic E-state index is 0.671. The summed E-state index contributed by atoms with van der Waals surface area (Å²) in [6.45, 7) is 12.6. The Morgan fingerprint density at radius 1 is 1.06 bits per heavy atom. The average molecular weight is 440 g/mol. The summed E-state index contributed by atoms with van der Waals surface area (Å²) in [5, 5.41) is 7.61. The first kappa shape index (κ1) is 22.6. The Kier molecular flexibility index (Phi) is 7.98. The first-order chi connectivity index (χ1) is 15.7. The Hall–Kier alpha value is -2.61. The van der Waals surface area contributed by atoms with Gasteiger partial charge in [-0.1, -0.05) is 18.0 Å². The number of hydrogen-bond acceptors (Lipinski definition) is 6. The van der Waals surface area contributed by atoms with Gasteiger partial charge in [0.05, 0.1) is 12.2 Å². The zero-order valence-electron chi connectivity index (χ0n) is 19.6. The average Bonchev–Trinajstić information content (AvgIpc) is 3.05. The van der Waals surface area contributed by atoms with Crippen molar-refractivity contribution in [2.24, 2.45) is 4.99 Å². The van der Waals surface area contributed by atoms with Gasteiger partial charge in [0.25, 0.3) is 0 Å². The van der Waals surface area contributed by atoms with Crippen molar-refractivity contribution in [3.63, 3.8) is 0 Å². The number of pyridine rings is 1. The van der Waals surface area contributed by atoms with Crippen LogP contribution in [-0.2, 0) is 13.1 Å². The van der Waals surface area contributed by atoms with Gasteiger partial charge in [-0.2, -0.15) is 0 Å². The second-order valence-electron chi connectivity index (χ2n) is 8.79. The van der Waals surface area contributed by atoms with Crippen molar-refractivity contribution in [1.29, 1.82) is 0 Å². The van der Waals surface area contributed by atoms with Crippen LogP contribution in [-0.4, -0.2) is 71.7 Å². The first-order valence-corrected chi connectivity index (χ1v) is 12.1. The van der Waals surface area contributed by atoms with E-state index >= 15 is 0 Å². The smallest absolute Gasteiger partial charge is 0.194 e. The summed E-state index contributed by atoms with van der Waals surface area (Å²) in [7, 11) is 0. The van der Waals surface area contributed by atoms with Crippen LogP contribution in [0.5, 0.6) is 0 Å². The molecule has 0 unspecified atom stereocenters. The van der Waals surface area contributed by atoms with Crippen molar-refractivity contribution < 1.29 is 4.52 Å². The van der Waals surface area contributed by atoms with Crippen LogP contribution in [0, 0.1) is 6.92 Å². The zero-order chi connectivity index (χ0) is 22.2. The molecule has 2 aliphatic rings. The van der Waals surface area contributed by atoms with Crippen LogP contribution >= 0.6 is 0 Å². The van der Waals surface area contributed by atoms with Crippen LogP contribution in [0.15, 0.2) is 33.9 Å². The highest BCUT2D eigenvalue weighted by molar-refractivity contribution is 5.80. The molecule has 4 heterocycles. The maximum atomic E-state index is 5.20. The molecule has 32 heavy (non-hydrogen) atoms. The van der Waals surface area contributed by atoms with Crippen LogP contribution in [0.1, 0.15) is 49.6 Å². The molecule has 1 N–H and O–H groups in total. The molecule has 8 nitrogen and oxygen atoms in total. The van der Waals surface area contributed by atoms with Gasteiger partial charge in [0.15, 0.2) is 5.96 Å². The summed E-state index contributed by atoms with van der Waals surface area (Å²) in [5.74, 6) is 2.97. The van der Waals surface area contributed by atoms with Gasteiger partial charge in [-0.05, 0) is 44.4 Å². The van der Waals surface area contributed by atoms with E-state index in [1.807, 2.05) is 19.2 Å². The monoisotopic (exact) mass is 439 g/mol. The van der Waals surface area contributed by atoms with Gasteiger partial charge in [-0.25, -0.2) is 9.98 Å². The summed E-state index contributed by atoms with van der Waals surface area (Å²) in [5.41, 5.74) is 2.23. The fourth-order valence-electron chi connectivity index (χ4n) is 4.46. The van der Waals surface area contributed by atoms with Gasteiger partial charge in [-0.3, -0.25) is 4.90 Å². The third-order valence-corrected chi connectivity index (χ3v) is 6.22. The van der Waals surface area contributed by atoms with E-state index in [2.05, 4.69) is 49.2 Å². The second-order valence-corrected chi connectivity index (χ2v) is 8.79. The van der Waals surface area contributed by atoms with Crippen LogP contribution in [0.4, 0.5) is 5.82 Å². The first-order valence-electron chi connectivity index (χ1n) is 12.1. The number of anilines is 1. The van der Waals surface area contributed by atoms with Crippen LogP contribution in [0.3, 0.4) is 0 Å². The van der Waals surface area contributed by atoms with Crippen molar-refractivity contribution in [2.75, 3.05) is 50.7 Å². The van der Waals surface area contributed by atoms with E-state index in [-0.39, 0.29) is 0 Å². The number of hydrogen-bond donors (Lipinski definition) is 1. The number of aromatic nitrogens is 2. The molecule has 2 aliphatic heterocycles. The predicted molar refractivity (Wildman–Crippen MR) is 128 cm³/mol. The minimum atomic E-state index is 0.671. The Bertz CT molecular complexity index is 865. The molecule has 0 aliphatic carbocycles. The Labute approximate surface area is 191 Å². The molecule has 2 saturated heterocycles. The van der Waals surface area contributed by atoms with Crippen LogP contribution in [0.2, 0.25) is 0 Å². The van der Waals surface area contributed by atoms with Crippen molar-refractivity contribution in [3.8, 4) is 0 Å². The molecule has 2 aromatic heterocycles. The van der Waals surface area contributed by atoms with Gasteiger partial charge in [0, 0.05) is 64.6 Å². The molecule has 8 heteroatoms. The van der Waals surface area contributed by atoms with E-state index in [0.29, 0.717) is 6.54 Å². The van der Waals surface area contributed by atoms with Crippen molar-refractivity contribution in [3.05, 3.63) is 41.4 Å². The molecular weight excluding hydrogens is 402 g/mol. The minimum Gasteiger partial charge on any atom is -0.361 e. The molecule has 0 saturated carbocycles. The van der Waals surface area contributed by atoms with Crippen molar-refractivity contribution in [2.45, 2.75) is 52.6 Å². The Morgan fingerprint density at radius 2 is 1.84 bits per heavy atom. The summed E-state index contributed by atoms with van der Waals surface area (Å²) in [6.07, 6.45) is 7.12.